The van der Waals surface area contributed by atoms with Crippen LogP contribution < -0.4 is 5.73 Å². The molecular formula is C9H9BrF3NO. The summed E-state index contributed by atoms with van der Waals surface area (Å²) in [6.07, 6.45) is -5.37. The first-order valence-corrected chi connectivity index (χ1v) is 4.89. The number of phenolic OH excluding ortho intramolecular Hbond substituents is 1. The van der Waals surface area contributed by atoms with Crippen molar-refractivity contribution in [3.8, 4) is 5.75 Å². The van der Waals surface area contributed by atoms with Gasteiger partial charge < -0.3 is 10.8 Å². The average Bonchev–Trinajstić information content (AvgIpc) is 2.06. The highest BCUT2D eigenvalue weighted by Crippen LogP contribution is 2.31. The highest BCUT2D eigenvalue weighted by molar-refractivity contribution is 9.10. The van der Waals surface area contributed by atoms with E-state index in [-0.39, 0.29) is 5.75 Å². The predicted octanol–water partition coefficient (Wildman–Crippen LogP) is 3.11. The molecular weight excluding hydrogens is 275 g/mol. The second-order valence-electron chi connectivity index (χ2n) is 3.14. The quantitative estimate of drug-likeness (QED) is 0.876. The van der Waals surface area contributed by atoms with Crippen LogP contribution in [0.2, 0.25) is 0 Å². The lowest BCUT2D eigenvalue weighted by Gasteiger charge is -2.14. The lowest BCUT2D eigenvalue weighted by Crippen LogP contribution is -2.20. The molecule has 0 aliphatic heterocycles. The fourth-order valence-electron chi connectivity index (χ4n) is 1.12. The molecule has 1 atom stereocenters. The molecule has 0 saturated heterocycles. The number of aromatic hydroxyl groups is 1. The van der Waals surface area contributed by atoms with Gasteiger partial charge in [-0.05, 0) is 33.6 Å². The number of halogens is 4. The van der Waals surface area contributed by atoms with Crippen molar-refractivity contribution in [2.24, 2.45) is 5.73 Å². The van der Waals surface area contributed by atoms with Crippen LogP contribution in [0.4, 0.5) is 13.2 Å². The molecule has 0 spiro atoms. The Kier molecular flexibility index (Phi) is 3.62. The van der Waals surface area contributed by atoms with Gasteiger partial charge in [0, 0.05) is 6.04 Å². The van der Waals surface area contributed by atoms with Gasteiger partial charge in [-0.15, -0.1) is 0 Å². The molecule has 1 aromatic rings. The average molecular weight is 284 g/mol. The third-order valence-corrected chi connectivity index (χ3v) is 2.49. The number of alkyl halides is 3. The van der Waals surface area contributed by atoms with Gasteiger partial charge in [-0.2, -0.15) is 13.2 Å². The number of phenols is 1. The summed E-state index contributed by atoms with van der Waals surface area (Å²) in [7, 11) is 0. The zero-order chi connectivity index (χ0) is 11.6. The molecule has 0 fully saturated rings. The first-order chi connectivity index (χ1) is 6.79. The Balaban J connectivity index is 2.83. The summed E-state index contributed by atoms with van der Waals surface area (Å²) in [6.45, 7) is 0. The van der Waals surface area contributed by atoms with Crippen LogP contribution in [0.1, 0.15) is 18.0 Å². The summed E-state index contributed by atoms with van der Waals surface area (Å²) in [5.74, 6) is -0.0297. The Hall–Kier alpha value is -0.750. The van der Waals surface area contributed by atoms with Crippen molar-refractivity contribution in [3.63, 3.8) is 0 Å². The summed E-state index contributed by atoms with van der Waals surface area (Å²) in [5, 5.41) is 9.15. The van der Waals surface area contributed by atoms with Gasteiger partial charge in [-0.1, -0.05) is 6.07 Å². The Morgan fingerprint density at radius 2 is 2.00 bits per heavy atom. The standard InChI is InChI=1S/C9H9BrF3NO/c10-6-3-5(1-2-8(6)15)7(14)4-9(11,12)13/h1-3,7,15H,4,14H2/t7-/m0/s1. The SMILES string of the molecule is N[C@@H](CC(F)(F)F)c1ccc(O)c(Br)c1. The van der Waals surface area contributed by atoms with Gasteiger partial charge in [-0.25, -0.2) is 0 Å². The molecule has 84 valence electrons. The van der Waals surface area contributed by atoms with Crippen molar-refractivity contribution in [2.45, 2.75) is 18.6 Å². The fourth-order valence-corrected chi connectivity index (χ4v) is 1.52. The molecule has 3 N–H and O–H groups in total. The Morgan fingerprint density at radius 3 is 2.47 bits per heavy atom. The van der Waals surface area contributed by atoms with Gasteiger partial charge in [0.15, 0.2) is 0 Å². The smallest absolute Gasteiger partial charge is 0.390 e. The van der Waals surface area contributed by atoms with E-state index in [1.54, 1.807) is 0 Å². The van der Waals surface area contributed by atoms with Crippen molar-refractivity contribution < 1.29 is 18.3 Å². The molecule has 1 rings (SSSR count). The van der Waals surface area contributed by atoms with Gasteiger partial charge in [0.2, 0.25) is 0 Å². The van der Waals surface area contributed by atoms with E-state index >= 15 is 0 Å². The molecule has 0 aliphatic carbocycles. The molecule has 0 aromatic heterocycles. The maximum Gasteiger partial charge on any atom is 0.390 e. The van der Waals surface area contributed by atoms with Crippen LogP contribution in [-0.4, -0.2) is 11.3 Å². The minimum absolute atomic E-state index is 0.0297. The first kappa shape index (κ1) is 12.3. The third-order valence-electron chi connectivity index (χ3n) is 1.85. The van der Waals surface area contributed by atoms with Crippen LogP contribution in [0.5, 0.6) is 5.75 Å². The topological polar surface area (TPSA) is 46.2 Å². The van der Waals surface area contributed by atoms with E-state index < -0.39 is 18.6 Å². The summed E-state index contributed by atoms with van der Waals surface area (Å²) in [4.78, 5) is 0. The monoisotopic (exact) mass is 283 g/mol. The van der Waals surface area contributed by atoms with E-state index in [0.717, 1.165) is 0 Å². The minimum Gasteiger partial charge on any atom is -0.507 e. The molecule has 0 aliphatic rings. The fraction of sp³-hybridized carbons (Fsp3) is 0.333. The Bertz CT molecular complexity index is 354. The largest absolute Gasteiger partial charge is 0.507 e. The number of hydrogen-bond donors (Lipinski definition) is 2. The second-order valence-corrected chi connectivity index (χ2v) is 3.99. The van der Waals surface area contributed by atoms with E-state index in [2.05, 4.69) is 15.9 Å². The van der Waals surface area contributed by atoms with E-state index in [9.17, 15) is 13.2 Å². The molecule has 1 aromatic carbocycles. The van der Waals surface area contributed by atoms with E-state index in [1.807, 2.05) is 0 Å². The number of hydrogen-bond acceptors (Lipinski definition) is 2. The number of rotatable bonds is 2. The van der Waals surface area contributed by atoms with Gasteiger partial charge in [0.25, 0.3) is 0 Å². The minimum atomic E-state index is -4.29. The predicted molar refractivity (Wildman–Crippen MR) is 53.4 cm³/mol. The normalized spacial score (nSPS) is 13.9. The molecule has 0 unspecified atom stereocenters. The molecule has 2 nitrogen and oxygen atoms in total. The zero-order valence-electron chi connectivity index (χ0n) is 7.55. The summed E-state index contributed by atoms with van der Waals surface area (Å²) in [5.41, 5.74) is 5.71. The Labute approximate surface area is 93.0 Å². The lowest BCUT2D eigenvalue weighted by atomic mass is 10.0. The molecule has 0 bridgehead atoms. The van der Waals surface area contributed by atoms with Gasteiger partial charge >= 0.3 is 6.18 Å². The highest BCUT2D eigenvalue weighted by atomic mass is 79.9. The van der Waals surface area contributed by atoms with Crippen molar-refractivity contribution in [3.05, 3.63) is 28.2 Å². The molecule has 0 heterocycles. The van der Waals surface area contributed by atoms with Crippen molar-refractivity contribution in [1.82, 2.24) is 0 Å². The van der Waals surface area contributed by atoms with Crippen LogP contribution in [-0.2, 0) is 0 Å². The van der Waals surface area contributed by atoms with E-state index in [1.165, 1.54) is 18.2 Å². The van der Waals surface area contributed by atoms with Crippen molar-refractivity contribution in [2.75, 3.05) is 0 Å². The maximum absolute atomic E-state index is 12.0. The maximum atomic E-state index is 12.0. The summed E-state index contributed by atoms with van der Waals surface area (Å²) < 4.78 is 36.4. The summed E-state index contributed by atoms with van der Waals surface area (Å²) >= 11 is 3.01. The zero-order valence-corrected chi connectivity index (χ0v) is 9.14. The third kappa shape index (κ3) is 3.71. The number of nitrogens with two attached hydrogens (primary N) is 1. The first-order valence-electron chi connectivity index (χ1n) is 4.10. The van der Waals surface area contributed by atoms with Crippen LogP contribution in [0.3, 0.4) is 0 Å². The molecule has 0 saturated carbocycles. The van der Waals surface area contributed by atoms with Crippen LogP contribution in [0.25, 0.3) is 0 Å². The van der Waals surface area contributed by atoms with Crippen LogP contribution in [0, 0.1) is 0 Å². The van der Waals surface area contributed by atoms with E-state index in [4.69, 9.17) is 10.8 Å². The van der Waals surface area contributed by atoms with Crippen molar-refractivity contribution in [1.29, 1.82) is 0 Å². The van der Waals surface area contributed by atoms with Crippen LogP contribution in [0.15, 0.2) is 22.7 Å². The highest BCUT2D eigenvalue weighted by Gasteiger charge is 2.30. The summed E-state index contributed by atoms with van der Waals surface area (Å²) in [6, 6.07) is 2.94. The van der Waals surface area contributed by atoms with Gasteiger partial charge in [0.1, 0.15) is 5.75 Å². The van der Waals surface area contributed by atoms with Gasteiger partial charge in [-0.3, -0.25) is 0 Å². The van der Waals surface area contributed by atoms with Gasteiger partial charge in [0.05, 0.1) is 10.9 Å². The number of benzene rings is 1. The Morgan fingerprint density at radius 1 is 1.40 bits per heavy atom. The second kappa shape index (κ2) is 4.40. The molecule has 6 heteroatoms. The lowest BCUT2D eigenvalue weighted by molar-refractivity contribution is -0.138. The van der Waals surface area contributed by atoms with E-state index in [0.29, 0.717) is 10.0 Å². The van der Waals surface area contributed by atoms with Crippen molar-refractivity contribution >= 4 is 15.9 Å². The molecule has 15 heavy (non-hydrogen) atoms. The van der Waals surface area contributed by atoms with Crippen LogP contribution >= 0.6 is 15.9 Å². The molecule has 0 amide bonds. The molecule has 0 radical (unpaired) electrons.